The highest BCUT2D eigenvalue weighted by Crippen LogP contribution is 2.26. The summed E-state index contributed by atoms with van der Waals surface area (Å²) in [5.74, 6) is 0.930. The Hall–Kier alpha value is -1.67. The van der Waals surface area contributed by atoms with Gasteiger partial charge in [0.1, 0.15) is 12.4 Å². The number of para-hydroxylation sites is 1. The van der Waals surface area contributed by atoms with Crippen LogP contribution in [0.5, 0.6) is 5.75 Å². The van der Waals surface area contributed by atoms with Gasteiger partial charge in [-0.2, -0.15) is 0 Å². The summed E-state index contributed by atoms with van der Waals surface area (Å²) in [6.45, 7) is 5.42. The molecule has 0 radical (unpaired) electrons. The summed E-state index contributed by atoms with van der Waals surface area (Å²) in [5, 5.41) is 4.07. The average Bonchev–Trinajstić information content (AvgIpc) is 2.38. The van der Waals surface area contributed by atoms with Crippen LogP contribution >= 0.6 is 11.6 Å². The number of hydrogen-bond donors (Lipinski definition) is 1. The van der Waals surface area contributed by atoms with E-state index >= 15 is 0 Å². The highest BCUT2D eigenvalue weighted by molar-refractivity contribution is 6.30. The summed E-state index contributed by atoms with van der Waals surface area (Å²) < 4.78 is 5.82. The summed E-state index contributed by atoms with van der Waals surface area (Å²) in [7, 11) is 0. The minimum Gasteiger partial charge on any atom is -0.491 e. The van der Waals surface area contributed by atoms with E-state index in [1.807, 2.05) is 56.3 Å². The van der Waals surface area contributed by atoms with Crippen LogP contribution in [0.2, 0.25) is 5.02 Å². The second-order valence-corrected chi connectivity index (χ2v) is 4.95. The third-order valence-electron chi connectivity index (χ3n) is 2.88. The van der Waals surface area contributed by atoms with Gasteiger partial charge in [-0.15, -0.1) is 0 Å². The van der Waals surface area contributed by atoms with Crippen molar-refractivity contribution in [3.63, 3.8) is 0 Å². The summed E-state index contributed by atoms with van der Waals surface area (Å²) >= 11 is 6.00. The summed E-state index contributed by atoms with van der Waals surface area (Å²) in [6.07, 6.45) is 0. The maximum atomic E-state index is 6.00. The Labute approximate surface area is 119 Å². The van der Waals surface area contributed by atoms with Gasteiger partial charge in [0.2, 0.25) is 0 Å². The Balaban J connectivity index is 1.86. The number of ether oxygens (including phenoxy) is 1. The first-order chi connectivity index (χ1) is 9.16. The quantitative estimate of drug-likeness (QED) is 0.814. The molecule has 3 heteroatoms. The zero-order chi connectivity index (χ0) is 13.7. The van der Waals surface area contributed by atoms with E-state index in [0.29, 0.717) is 6.61 Å². The van der Waals surface area contributed by atoms with Gasteiger partial charge in [-0.1, -0.05) is 29.8 Å². The van der Waals surface area contributed by atoms with Crippen molar-refractivity contribution < 1.29 is 4.74 Å². The fraction of sp³-hybridized carbons (Fsp3) is 0.250. The first kappa shape index (κ1) is 13.8. The fourth-order valence-electron chi connectivity index (χ4n) is 2.03. The maximum Gasteiger partial charge on any atom is 0.125 e. The minimum absolute atomic E-state index is 0.623. The minimum atomic E-state index is 0.623. The number of rotatable bonds is 5. The SMILES string of the molecule is Cc1cc(Cl)cc(C)c1OCCNc1ccccc1. The number of aryl methyl sites for hydroxylation is 2. The number of nitrogens with one attached hydrogen (secondary N) is 1. The van der Waals surface area contributed by atoms with Gasteiger partial charge in [0.25, 0.3) is 0 Å². The number of benzene rings is 2. The molecule has 0 saturated carbocycles. The Kier molecular flexibility index (Phi) is 4.69. The van der Waals surface area contributed by atoms with E-state index in [0.717, 1.165) is 34.1 Å². The molecule has 2 nitrogen and oxygen atoms in total. The highest BCUT2D eigenvalue weighted by atomic mass is 35.5. The Morgan fingerprint density at radius 1 is 1.05 bits per heavy atom. The summed E-state index contributed by atoms with van der Waals surface area (Å²) in [6, 6.07) is 14.0. The second kappa shape index (κ2) is 6.48. The lowest BCUT2D eigenvalue weighted by Gasteiger charge is -2.13. The molecule has 2 rings (SSSR count). The van der Waals surface area contributed by atoms with Crippen LogP contribution in [0.25, 0.3) is 0 Å². The molecule has 2 aromatic carbocycles. The van der Waals surface area contributed by atoms with Crippen LogP contribution in [0.4, 0.5) is 5.69 Å². The molecule has 0 aliphatic heterocycles. The topological polar surface area (TPSA) is 21.3 Å². The van der Waals surface area contributed by atoms with Crippen molar-refractivity contribution >= 4 is 17.3 Å². The van der Waals surface area contributed by atoms with E-state index in [2.05, 4.69) is 5.32 Å². The van der Waals surface area contributed by atoms with E-state index in [1.165, 1.54) is 0 Å². The van der Waals surface area contributed by atoms with Crippen LogP contribution in [0.3, 0.4) is 0 Å². The van der Waals surface area contributed by atoms with E-state index in [4.69, 9.17) is 16.3 Å². The Bertz CT molecular complexity index is 517. The molecule has 0 amide bonds. The molecule has 0 unspecified atom stereocenters. The fourth-order valence-corrected chi connectivity index (χ4v) is 2.36. The Morgan fingerprint density at radius 2 is 1.68 bits per heavy atom. The van der Waals surface area contributed by atoms with E-state index in [1.54, 1.807) is 0 Å². The first-order valence-electron chi connectivity index (χ1n) is 6.35. The average molecular weight is 276 g/mol. The number of anilines is 1. The lowest BCUT2D eigenvalue weighted by molar-refractivity contribution is 0.328. The summed E-state index contributed by atoms with van der Waals surface area (Å²) in [5.41, 5.74) is 3.25. The summed E-state index contributed by atoms with van der Waals surface area (Å²) in [4.78, 5) is 0. The second-order valence-electron chi connectivity index (χ2n) is 4.51. The van der Waals surface area contributed by atoms with Crippen molar-refractivity contribution in [2.75, 3.05) is 18.5 Å². The van der Waals surface area contributed by atoms with Gasteiger partial charge in [-0.25, -0.2) is 0 Å². The molecule has 0 aliphatic rings. The largest absolute Gasteiger partial charge is 0.491 e. The predicted molar refractivity (Wildman–Crippen MR) is 81.4 cm³/mol. The van der Waals surface area contributed by atoms with Crippen LogP contribution in [-0.2, 0) is 0 Å². The molecule has 0 heterocycles. The van der Waals surface area contributed by atoms with Crippen LogP contribution in [-0.4, -0.2) is 13.2 Å². The lowest BCUT2D eigenvalue weighted by atomic mass is 10.1. The van der Waals surface area contributed by atoms with Gasteiger partial charge < -0.3 is 10.1 Å². The molecule has 0 fully saturated rings. The molecule has 0 spiro atoms. The van der Waals surface area contributed by atoms with Crippen LogP contribution in [0, 0.1) is 13.8 Å². The molecule has 0 atom stereocenters. The zero-order valence-corrected chi connectivity index (χ0v) is 12.0. The monoisotopic (exact) mass is 275 g/mol. The third kappa shape index (κ3) is 3.90. The van der Waals surface area contributed by atoms with E-state index < -0.39 is 0 Å². The molecule has 0 saturated heterocycles. The van der Waals surface area contributed by atoms with Crippen molar-refractivity contribution in [1.29, 1.82) is 0 Å². The Morgan fingerprint density at radius 3 is 2.32 bits per heavy atom. The van der Waals surface area contributed by atoms with E-state index in [9.17, 15) is 0 Å². The van der Waals surface area contributed by atoms with Gasteiger partial charge in [0.05, 0.1) is 0 Å². The highest BCUT2D eigenvalue weighted by Gasteiger charge is 2.05. The van der Waals surface area contributed by atoms with Crippen LogP contribution < -0.4 is 10.1 Å². The van der Waals surface area contributed by atoms with E-state index in [-0.39, 0.29) is 0 Å². The smallest absolute Gasteiger partial charge is 0.125 e. The van der Waals surface area contributed by atoms with Gasteiger partial charge in [-0.3, -0.25) is 0 Å². The van der Waals surface area contributed by atoms with Crippen molar-refractivity contribution in [3.8, 4) is 5.75 Å². The first-order valence-corrected chi connectivity index (χ1v) is 6.73. The third-order valence-corrected chi connectivity index (χ3v) is 3.09. The van der Waals surface area contributed by atoms with Gasteiger partial charge in [0.15, 0.2) is 0 Å². The molecular formula is C16H18ClNO. The molecule has 2 aromatic rings. The van der Waals surface area contributed by atoms with Gasteiger partial charge in [-0.05, 0) is 49.2 Å². The van der Waals surface area contributed by atoms with Crippen molar-refractivity contribution in [3.05, 3.63) is 58.6 Å². The van der Waals surface area contributed by atoms with Crippen LogP contribution in [0.1, 0.15) is 11.1 Å². The van der Waals surface area contributed by atoms with Gasteiger partial charge in [0, 0.05) is 17.3 Å². The number of halogens is 1. The molecule has 0 aliphatic carbocycles. The lowest BCUT2D eigenvalue weighted by Crippen LogP contribution is -2.12. The predicted octanol–water partition coefficient (Wildman–Crippen LogP) is 4.45. The molecular weight excluding hydrogens is 258 g/mol. The molecule has 1 N–H and O–H groups in total. The molecule has 19 heavy (non-hydrogen) atoms. The molecule has 0 bridgehead atoms. The molecule has 0 aromatic heterocycles. The van der Waals surface area contributed by atoms with Gasteiger partial charge >= 0.3 is 0 Å². The van der Waals surface area contributed by atoms with Crippen molar-refractivity contribution in [2.45, 2.75) is 13.8 Å². The van der Waals surface area contributed by atoms with Crippen LogP contribution in [0.15, 0.2) is 42.5 Å². The number of hydrogen-bond acceptors (Lipinski definition) is 2. The zero-order valence-electron chi connectivity index (χ0n) is 11.2. The standard InChI is InChI=1S/C16H18ClNO/c1-12-10-14(17)11-13(2)16(12)19-9-8-18-15-6-4-3-5-7-15/h3-7,10-11,18H,8-9H2,1-2H3. The molecule has 100 valence electrons. The van der Waals surface area contributed by atoms with Crippen molar-refractivity contribution in [1.82, 2.24) is 0 Å². The van der Waals surface area contributed by atoms with Crippen molar-refractivity contribution in [2.24, 2.45) is 0 Å². The maximum absolute atomic E-state index is 6.00. The normalized spacial score (nSPS) is 10.3.